The zero-order chi connectivity index (χ0) is 12.6. The lowest BCUT2D eigenvalue weighted by Crippen LogP contribution is -2.43. The van der Waals surface area contributed by atoms with Gasteiger partial charge >= 0.3 is 0 Å². The summed E-state index contributed by atoms with van der Waals surface area (Å²) in [5, 5.41) is 6.20. The highest BCUT2D eigenvalue weighted by molar-refractivity contribution is 6.02. The molecule has 92 valence electrons. The van der Waals surface area contributed by atoms with Crippen molar-refractivity contribution < 1.29 is 4.79 Å². The summed E-state index contributed by atoms with van der Waals surface area (Å²) >= 11 is 0. The molecule has 0 spiro atoms. The third-order valence-electron chi connectivity index (χ3n) is 3.10. The van der Waals surface area contributed by atoms with E-state index < -0.39 is 0 Å². The maximum absolute atomic E-state index is 11.9. The molecular weight excluding hydrogens is 214 g/mol. The quantitative estimate of drug-likeness (QED) is 0.825. The molecule has 1 aromatic rings. The average Bonchev–Trinajstić information content (AvgIpc) is 2.26. The second-order valence-corrected chi connectivity index (χ2v) is 5.13. The molecule has 0 saturated carbocycles. The van der Waals surface area contributed by atoms with Crippen LogP contribution in [0.1, 0.15) is 39.2 Å². The van der Waals surface area contributed by atoms with Crippen LogP contribution in [0, 0.1) is 5.92 Å². The topological polar surface area (TPSA) is 54.0 Å². The molecule has 0 radical (unpaired) electrons. The average molecular weight is 233 g/mol. The second kappa shape index (κ2) is 4.35. The molecule has 0 aliphatic carbocycles. The number of nitrogens with one attached hydrogen (secondary N) is 2. The number of hydrogen-bond donors (Lipinski definition) is 2. The van der Waals surface area contributed by atoms with E-state index in [0.717, 1.165) is 5.69 Å². The number of carbonyl (C=O) groups excluding carboxylic acids is 1. The van der Waals surface area contributed by atoms with Gasteiger partial charge in [0, 0.05) is 6.20 Å². The first-order valence-corrected chi connectivity index (χ1v) is 6.07. The molecule has 17 heavy (non-hydrogen) atoms. The molecule has 1 aliphatic heterocycles. The van der Waals surface area contributed by atoms with Gasteiger partial charge in [0.25, 0.3) is 0 Å². The van der Waals surface area contributed by atoms with Crippen molar-refractivity contribution in [2.24, 2.45) is 5.92 Å². The van der Waals surface area contributed by atoms with Gasteiger partial charge in [-0.05, 0) is 23.5 Å². The molecule has 2 heterocycles. The zero-order valence-electron chi connectivity index (χ0n) is 10.7. The van der Waals surface area contributed by atoms with Crippen LogP contribution in [0.15, 0.2) is 12.3 Å². The van der Waals surface area contributed by atoms with Crippen LogP contribution in [0.2, 0.25) is 0 Å². The molecular formula is C13H19N3O. The van der Waals surface area contributed by atoms with Crippen molar-refractivity contribution in [3.63, 3.8) is 0 Å². The maximum Gasteiger partial charge on any atom is 0.248 e. The van der Waals surface area contributed by atoms with Crippen molar-refractivity contribution in [2.75, 3.05) is 10.6 Å². The molecule has 4 heteroatoms. The number of fused-ring (bicyclic) bond motifs is 1. The molecule has 1 amide bonds. The zero-order valence-corrected chi connectivity index (χ0v) is 10.7. The van der Waals surface area contributed by atoms with Crippen LogP contribution >= 0.6 is 0 Å². The van der Waals surface area contributed by atoms with Gasteiger partial charge in [0.2, 0.25) is 5.91 Å². The van der Waals surface area contributed by atoms with E-state index in [2.05, 4.69) is 29.5 Å². The van der Waals surface area contributed by atoms with Gasteiger partial charge in [-0.15, -0.1) is 0 Å². The van der Waals surface area contributed by atoms with Crippen LogP contribution in [0.25, 0.3) is 0 Å². The Morgan fingerprint density at radius 3 is 2.59 bits per heavy atom. The lowest BCUT2D eigenvalue weighted by Gasteiger charge is -2.30. The van der Waals surface area contributed by atoms with Crippen molar-refractivity contribution in [1.82, 2.24) is 4.98 Å². The number of pyridine rings is 1. The van der Waals surface area contributed by atoms with Gasteiger partial charge in [0.1, 0.15) is 6.04 Å². The van der Waals surface area contributed by atoms with Crippen LogP contribution in [-0.4, -0.2) is 16.9 Å². The largest absolute Gasteiger partial charge is 0.370 e. The van der Waals surface area contributed by atoms with Crippen molar-refractivity contribution in [2.45, 2.75) is 39.7 Å². The maximum atomic E-state index is 11.9. The Morgan fingerprint density at radius 1 is 1.29 bits per heavy atom. The minimum Gasteiger partial charge on any atom is -0.370 e. The van der Waals surface area contributed by atoms with Gasteiger partial charge in [0.15, 0.2) is 5.82 Å². The first-order chi connectivity index (χ1) is 8.00. The lowest BCUT2D eigenvalue weighted by molar-refractivity contribution is -0.117. The summed E-state index contributed by atoms with van der Waals surface area (Å²) in [6.45, 7) is 8.34. The molecule has 0 aromatic carbocycles. The van der Waals surface area contributed by atoms with Gasteiger partial charge in [-0.1, -0.05) is 27.7 Å². The predicted molar refractivity (Wildman–Crippen MR) is 69.2 cm³/mol. The third kappa shape index (κ3) is 2.12. The Bertz CT molecular complexity index is 440. The summed E-state index contributed by atoms with van der Waals surface area (Å²) in [6, 6.07) is 1.83. The summed E-state index contributed by atoms with van der Waals surface area (Å²) in [5.41, 5.74) is 2.17. The normalized spacial score (nSPS) is 18.9. The van der Waals surface area contributed by atoms with E-state index in [1.54, 1.807) is 6.20 Å². The Morgan fingerprint density at radius 2 is 2.00 bits per heavy atom. The van der Waals surface area contributed by atoms with Crippen LogP contribution in [0.4, 0.5) is 11.5 Å². The van der Waals surface area contributed by atoms with Gasteiger partial charge < -0.3 is 10.6 Å². The Balaban J connectivity index is 2.43. The fourth-order valence-electron chi connectivity index (χ4n) is 2.09. The SMILES string of the molecule is CC(C)c1ccnc2c1N[C@H](C(C)C)C(=O)N2. The Labute approximate surface area is 102 Å². The summed E-state index contributed by atoms with van der Waals surface area (Å²) in [7, 11) is 0. The number of aromatic nitrogens is 1. The van der Waals surface area contributed by atoms with E-state index in [4.69, 9.17) is 0 Å². The van der Waals surface area contributed by atoms with Gasteiger partial charge in [-0.2, -0.15) is 0 Å². The summed E-state index contributed by atoms with van der Waals surface area (Å²) in [4.78, 5) is 16.1. The van der Waals surface area contributed by atoms with Crippen molar-refractivity contribution >= 4 is 17.4 Å². The molecule has 4 nitrogen and oxygen atoms in total. The van der Waals surface area contributed by atoms with Crippen LogP contribution in [0.5, 0.6) is 0 Å². The minimum atomic E-state index is -0.177. The molecule has 1 aliphatic rings. The Hall–Kier alpha value is -1.58. The van der Waals surface area contributed by atoms with Crippen molar-refractivity contribution in [3.05, 3.63) is 17.8 Å². The predicted octanol–water partition coefficient (Wildman–Crippen LogP) is 2.59. The monoisotopic (exact) mass is 233 g/mol. The first kappa shape index (κ1) is 11.9. The fourth-order valence-corrected chi connectivity index (χ4v) is 2.09. The van der Waals surface area contributed by atoms with Crippen molar-refractivity contribution in [3.8, 4) is 0 Å². The number of nitrogens with zero attached hydrogens (tertiary/aromatic N) is 1. The number of anilines is 2. The smallest absolute Gasteiger partial charge is 0.248 e. The van der Waals surface area contributed by atoms with E-state index in [-0.39, 0.29) is 17.9 Å². The standard InChI is InChI=1S/C13H19N3O/c1-7(2)9-5-6-14-12-11(9)15-10(8(3)4)13(17)16-12/h5-8,10,15H,1-4H3,(H,14,16,17)/t10-/m1/s1. The molecule has 0 bridgehead atoms. The molecule has 0 saturated heterocycles. The molecule has 2 rings (SSSR count). The van der Waals surface area contributed by atoms with E-state index in [1.807, 2.05) is 19.9 Å². The van der Waals surface area contributed by atoms with Gasteiger partial charge in [-0.3, -0.25) is 4.79 Å². The first-order valence-electron chi connectivity index (χ1n) is 6.07. The highest BCUT2D eigenvalue weighted by atomic mass is 16.2. The highest BCUT2D eigenvalue weighted by Crippen LogP contribution is 2.33. The molecule has 1 aromatic heterocycles. The molecule has 2 N–H and O–H groups in total. The molecule has 0 fully saturated rings. The fraction of sp³-hybridized carbons (Fsp3) is 0.538. The van der Waals surface area contributed by atoms with E-state index in [0.29, 0.717) is 11.7 Å². The summed E-state index contributed by atoms with van der Waals surface area (Å²) in [6.07, 6.45) is 1.74. The number of amides is 1. The highest BCUT2D eigenvalue weighted by Gasteiger charge is 2.30. The van der Waals surface area contributed by atoms with Crippen LogP contribution in [0.3, 0.4) is 0 Å². The number of hydrogen-bond acceptors (Lipinski definition) is 3. The van der Waals surface area contributed by atoms with E-state index >= 15 is 0 Å². The van der Waals surface area contributed by atoms with E-state index in [9.17, 15) is 4.79 Å². The van der Waals surface area contributed by atoms with Gasteiger partial charge in [0.05, 0.1) is 5.69 Å². The molecule has 1 atom stereocenters. The third-order valence-corrected chi connectivity index (χ3v) is 3.10. The lowest BCUT2D eigenvalue weighted by atomic mass is 9.97. The number of carbonyl (C=O) groups is 1. The summed E-state index contributed by atoms with van der Waals surface area (Å²) in [5.74, 6) is 1.31. The van der Waals surface area contributed by atoms with Crippen LogP contribution < -0.4 is 10.6 Å². The Kier molecular flexibility index (Phi) is 3.05. The second-order valence-electron chi connectivity index (χ2n) is 5.13. The molecule has 0 unspecified atom stereocenters. The van der Waals surface area contributed by atoms with Gasteiger partial charge in [-0.25, -0.2) is 4.98 Å². The van der Waals surface area contributed by atoms with Crippen molar-refractivity contribution in [1.29, 1.82) is 0 Å². The minimum absolute atomic E-state index is 0.000839. The number of rotatable bonds is 2. The summed E-state index contributed by atoms with van der Waals surface area (Å²) < 4.78 is 0. The van der Waals surface area contributed by atoms with Crippen LogP contribution in [-0.2, 0) is 4.79 Å². The van der Waals surface area contributed by atoms with E-state index in [1.165, 1.54) is 5.56 Å².